The van der Waals surface area contributed by atoms with E-state index in [1.807, 2.05) is 24.4 Å². The summed E-state index contributed by atoms with van der Waals surface area (Å²) in [4.78, 5) is 17.6. The fourth-order valence-electron chi connectivity index (χ4n) is 2.50. The Balaban J connectivity index is 1.48. The fraction of sp³-hybridized carbons (Fsp3) is 0.263. The van der Waals surface area contributed by atoms with Gasteiger partial charge in [0.1, 0.15) is 5.76 Å². The Hall–Kier alpha value is -2.49. The lowest BCUT2D eigenvalue weighted by Crippen LogP contribution is -2.35. The molecule has 0 aliphatic heterocycles. The quantitative estimate of drug-likeness (QED) is 0.547. The third-order valence-corrected chi connectivity index (χ3v) is 6.36. The molecule has 3 aromatic rings. The van der Waals surface area contributed by atoms with Crippen molar-refractivity contribution in [1.82, 2.24) is 15.0 Å². The van der Waals surface area contributed by atoms with Crippen LogP contribution in [-0.4, -0.2) is 32.4 Å². The van der Waals surface area contributed by atoms with Gasteiger partial charge < -0.3 is 9.73 Å². The number of aryl methyl sites for hydroxylation is 2. The smallest absolute Gasteiger partial charge is 0.240 e. The van der Waals surface area contributed by atoms with Crippen molar-refractivity contribution in [3.8, 4) is 10.8 Å². The molecule has 148 valence electrons. The van der Waals surface area contributed by atoms with Gasteiger partial charge in [-0.15, -0.1) is 11.3 Å². The number of aromatic nitrogens is 1. The lowest BCUT2D eigenvalue weighted by molar-refractivity contribution is -0.120. The number of nitrogens with one attached hydrogen (secondary N) is 2. The van der Waals surface area contributed by atoms with E-state index in [0.29, 0.717) is 17.3 Å². The second-order valence-corrected chi connectivity index (χ2v) is 8.95. The molecule has 0 bridgehead atoms. The number of oxazole rings is 1. The van der Waals surface area contributed by atoms with Crippen LogP contribution in [0.5, 0.6) is 0 Å². The second kappa shape index (κ2) is 8.68. The molecular formula is C19H21N3O4S2. The third-order valence-electron chi connectivity index (χ3n) is 4.02. The number of thiophene rings is 1. The van der Waals surface area contributed by atoms with E-state index in [1.165, 1.54) is 11.3 Å². The van der Waals surface area contributed by atoms with Crippen LogP contribution in [0, 0.1) is 13.8 Å². The number of rotatable bonds is 8. The van der Waals surface area contributed by atoms with Crippen molar-refractivity contribution in [2.45, 2.75) is 25.2 Å². The molecule has 9 heteroatoms. The zero-order valence-corrected chi connectivity index (χ0v) is 17.2. The first kappa shape index (κ1) is 20.2. The lowest BCUT2D eigenvalue weighted by atomic mass is 10.2. The molecule has 1 amide bonds. The molecule has 0 aliphatic rings. The molecule has 0 fully saturated rings. The van der Waals surface area contributed by atoms with Gasteiger partial charge in [0, 0.05) is 13.1 Å². The molecule has 2 heterocycles. The van der Waals surface area contributed by atoms with Crippen molar-refractivity contribution in [2.75, 3.05) is 13.1 Å². The average Bonchev–Trinajstić information content (AvgIpc) is 3.30. The molecule has 2 N–H and O–H groups in total. The summed E-state index contributed by atoms with van der Waals surface area (Å²) >= 11 is 1.51. The molecule has 0 radical (unpaired) electrons. The van der Waals surface area contributed by atoms with Crippen LogP contribution in [0.15, 0.2) is 51.1 Å². The van der Waals surface area contributed by atoms with Crippen LogP contribution in [0.2, 0.25) is 0 Å². The summed E-state index contributed by atoms with van der Waals surface area (Å²) in [6.45, 7) is 3.93. The Bertz CT molecular complexity index is 1040. The number of benzene rings is 1. The van der Waals surface area contributed by atoms with Gasteiger partial charge in [0.05, 0.1) is 21.9 Å². The zero-order chi connectivity index (χ0) is 20.1. The minimum absolute atomic E-state index is 0.0748. The Labute approximate surface area is 167 Å². The summed E-state index contributed by atoms with van der Waals surface area (Å²) in [5.41, 5.74) is 1.55. The van der Waals surface area contributed by atoms with Gasteiger partial charge in [0.25, 0.3) is 0 Å². The molecule has 0 saturated heterocycles. The Morgan fingerprint density at radius 3 is 2.57 bits per heavy atom. The third kappa shape index (κ3) is 5.06. The molecule has 0 atom stereocenters. The highest BCUT2D eigenvalue weighted by Crippen LogP contribution is 2.26. The SMILES string of the molecule is Cc1ccc(S(=O)(=O)NCCNC(=O)Cc2nc(-c3cccs3)oc2C)cc1. The van der Waals surface area contributed by atoms with E-state index >= 15 is 0 Å². The largest absolute Gasteiger partial charge is 0.440 e. The summed E-state index contributed by atoms with van der Waals surface area (Å²) in [5.74, 6) is 0.850. The molecule has 2 aromatic heterocycles. The molecule has 0 unspecified atom stereocenters. The standard InChI is InChI=1S/C19H21N3O4S2/c1-13-5-7-15(8-6-13)28(24,25)21-10-9-20-18(23)12-16-14(2)26-19(22-16)17-4-3-11-27-17/h3-8,11,21H,9-10,12H2,1-2H3,(H,20,23). The molecular weight excluding hydrogens is 398 g/mol. The van der Waals surface area contributed by atoms with Crippen molar-refractivity contribution in [3.63, 3.8) is 0 Å². The first-order chi connectivity index (χ1) is 13.3. The van der Waals surface area contributed by atoms with Gasteiger partial charge >= 0.3 is 0 Å². The maximum absolute atomic E-state index is 12.2. The van der Waals surface area contributed by atoms with Gasteiger partial charge in [-0.1, -0.05) is 23.8 Å². The van der Waals surface area contributed by atoms with Crippen LogP contribution in [0.1, 0.15) is 17.0 Å². The van der Waals surface area contributed by atoms with Crippen molar-refractivity contribution in [1.29, 1.82) is 0 Å². The first-order valence-electron chi connectivity index (χ1n) is 8.68. The van der Waals surface area contributed by atoms with Crippen LogP contribution in [0.25, 0.3) is 10.8 Å². The topological polar surface area (TPSA) is 101 Å². The van der Waals surface area contributed by atoms with Gasteiger partial charge in [0.2, 0.25) is 21.8 Å². The van der Waals surface area contributed by atoms with Crippen molar-refractivity contribution in [3.05, 3.63) is 58.8 Å². The maximum atomic E-state index is 12.2. The predicted molar refractivity (Wildman–Crippen MR) is 108 cm³/mol. The molecule has 0 saturated carbocycles. The van der Waals surface area contributed by atoms with E-state index in [0.717, 1.165) is 10.4 Å². The average molecular weight is 420 g/mol. The second-order valence-electron chi connectivity index (χ2n) is 6.24. The van der Waals surface area contributed by atoms with Crippen molar-refractivity contribution < 1.29 is 17.6 Å². The van der Waals surface area contributed by atoms with Crippen LogP contribution in [0.3, 0.4) is 0 Å². The molecule has 0 spiro atoms. The normalized spacial score (nSPS) is 11.5. The highest BCUT2D eigenvalue weighted by atomic mass is 32.2. The first-order valence-corrected chi connectivity index (χ1v) is 11.0. The van der Waals surface area contributed by atoms with Crippen LogP contribution >= 0.6 is 11.3 Å². The van der Waals surface area contributed by atoms with Gasteiger partial charge in [0.15, 0.2) is 0 Å². The van der Waals surface area contributed by atoms with E-state index in [1.54, 1.807) is 31.2 Å². The van der Waals surface area contributed by atoms with Gasteiger partial charge in [-0.05, 0) is 37.4 Å². The highest BCUT2D eigenvalue weighted by molar-refractivity contribution is 7.89. The summed E-state index contributed by atoms with van der Waals surface area (Å²) in [6.07, 6.45) is 0.0748. The van der Waals surface area contributed by atoms with E-state index in [9.17, 15) is 13.2 Å². The Morgan fingerprint density at radius 1 is 1.14 bits per heavy atom. The lowest BCUT2D eigenvalue weighted by Gasteiger charge is -2.08. The summed E-state index contributed by atoms with van der Waals surface area (Å²) in [5, 5.41) is 4.62. The molecule has 0 aliphatic carbocycles. The number of amides is 1. The number of carbonyl (C=O) groups excluding carboxylic acids is 1. The van der Waals surface area contributed by atoms with E-state index in [2.05, 4.69) is 15.0 Å². The fourth-order valence-corrected chi connectivity index (χ4v) is 4.18. The van der Waals surface area contributed by atoms with E-state index < -0.39 is 10.0 Å². The number of nitrogens with zero attached hydrogens (tertiary/aromatic N) is 1. The Morgan fingerprint density at radius 2 is 1.89 bits per heavy atom. The van der Waals surface area contributed by atoms with Gasteiger partial charge in [-0.2, -0.15) is 0 Å². The summed E-state index contributed by atoms with van der Waals surface area (Å²) in [7, 11) is -3.59. The molecule has 28 heavy (non-hydrogen) atoms. The minimum Gasteiger partial charge on any atom is -0.440 e. The van der Waals surface area contributed by atoms with E-state index in [4.69, 9.17) is 4.42 Å². The predicted octanol–water partition coefficient (Wildman–Crippen LogP) is 2.66. The highest BCUT2D eigenvalue weighted by Gasteiger charge is 2.16. The van der Waals surface area contributed by atoms with Crippen molar-refractivity contribution >= 4 is 27.3 Å². The van der Waals surface area contributed by atoms with Gasteiger partial charge in [-0.3, -0.25) is 4.79 Å². The monoisotopic (exact) mass is 419 g/mol. The number of carbonyl (C=O) groups is 1. The van der Waals surface area contributed by atoms with E-state index in [-0.39, 0.29) is 30.3 Å². The van der Waals surface area contributed by atoms with Crippen LogP contribution in [0.4, 0.5) is 0 Å². The summed E-state index contributed by atoms with van der Waals surface area (Å²) < 4.78 is 32.5. The van der Waals surface area contributed by atoms with Crippen LogP contribution < -0.4 is 10.0 Å². The number of sulfonamides is 1. The molecule has 3 rings (SSSR count). The molecule has 1 aromatic carbocycles. The zero-order valence-electron chi connectivity index (χ0n) is 15.6. The number of hydrogen-bond acceptors (Lipinski definition) is 6. The summed E-state index contributed by atoms with van der Waals surface area (Å²) in [6, 6.07) is 10.4. The van der Waals surface area contributed by atoms with Gasteiger partial charge in [-0.25, -0.2) is 18.1 Å². The van der Waals surface area contributed by atoms with Crippen molar-refractivity contribution in [2.24, 2.45) is 0 Å². The van der Waals surface area contributed by atoms with Crippen LogP contribution in [-0.2, 0) is 21.2 Å². The Kier molecular flexibility index (Phi) is 6.28. The maximum Gasteiger partial charge on any atom is 0.240 e. The molecule has 7 nitrogen and oxygen atoms in total. The number of hydrogen-bond donors (Lipinski definition) is 2. The minimum atomic E-state index is -3.59.